The van der Waals surface area contributed by atoms with E-state index < -0.39 is 11.9 Å². The highest BCUT2D eigenvalue weighted by Gasteiger charge is 2.35. The minimum Gasteiger partial charge on any atom is -0.352 e. The van der Waals surface area contributed by atoms with E-state index in [1.807, 2.05) is 0 Å². The van der Waals surface area contributed by atoms with Crippen LogP contribution in [0.5, 0.6) is 0 Å². The van der Waals surface area contributed by atoms with Crippen molar-refractivity contribution in [2.45, 2.75) is 32.9 Å². The van der Waals surface area contributed by atoms with Gasteiger partial charge in [-0.2, -0.15) is 13.2 Å². The number of nitrogens with one attached hydrogen (secondary N) is 1. The lowest BCUT2D eigenvalue weighted by Gasteiger charge is -2.18. The molecule has 94 valence electrons. The Hall–Kier alpha value is -1.45. The van der Waals surface area contributed by atoms with Gasteiger partial charge in [-0.25, -0.2) is 0 Å². The summed E-state index contributed by atoms with van der Waals surface area (Å²) >= 11 is 0. The second-order valence-electron chi connectivity index (χ2n) is 3.67. The molecule has 0 radical (unpaired) electrons. The molecule has 0 aliphatic rings. The van der Waals surface area contributed by atoms with E-state index in [9.17, 15) is 13.2 Å². The number of para-hydroxylation sites is 1. The summed E-state index contributed by atoms with van der Waals surface area (Å²) in [6.07, 6.45) is -3.55. The van der Waals surface area contributed by atoms with Crippen LogP contribution in [0.15, 0.2) is 41.6 Å². The van der Waals surface area contributed by atoms with Crippen molar-refractivity contribution < 1.29 is 13.2 Å². The zero-order valence-corrected chi connectivity index (χ0v) is 9.93. The van der Waals surface area contributed by atoms with Crippen LogP contribution in [0.3, 0.4) is 0 Å². The summed E-state index contributed by atoms with van der Waals surface area (Å²) < 4.78 is 38.7. The largest absolute Gasteiger partial charge is 0.431 e. The van der Waals surface area contributed by atoms with Crippen molar-refractivity contribution in [1.82, 2.24) is 0 Å². The molecule has 0 amide bonds. The van der Waals surface area contributed by atoms with Crippen LogP contribution in [-0.4, -0.2) is 6.18 Å². The number of alkyl halides is 3. The molecule has 1 N–H and O–H groups in total. The van der Waals surface area contributed by atoms with Gasteiger partial charge in [0.15, 0.2) is 0 Å². The van der Waals surface area contributed by atoms with Crippen LogP contribution in [0.25, 0.3) is 0 Å². The molecule has 1 aromatic rings. The maximum absolute atomic E-state index is 12.9. The fraction of sp³-hybridized carbons (Fsp3) is 0.385. The predicted octanol–water partition coefficient (Wildman–Crippen LogP) is 4.73. The Balaban J connectivity index is 3.06. The van der Waals surface area contributed by atoms with Gasteiger partial charge in [-0.3, -0.25) is 0 Å². The van der Waals surface area contributed by atoms with E-state index in [-0.39, 0.29) is 0 Å². The van der Waals surface area contributed by atoms with E-state index in [4.69, 9.17) is 0 Å². The first-order valence-electron chi connectivity index (χ1n) is 5.60. The van der Waals surface area contributed by atoms with Crippen molar-refractivity contribution in [3.63, 3.8) is 0 Å². The Morgan fingerprint density at radius 2 is 1.59 bits per heavy atom. The normalized spacial score (nSPS) is 11.1. The van der Waals surface area contributed by atoms with Gasteiger partial charge in [0.25, 0.3) is 0 Å². The van der Waals surface area contributed by atoms with Crippen molar-refractivity contribution in [2.75, 3.05) is 5.32 Å². The zero-order chi connectivity index (χ0) is 12.9. The minimum absolute atomic E-state index is 0.390. The molecule has 0 aromatic heterocycles. The van der Waals surface area contributed by atoms with Gasteiger partial charge < -0.3 is 5.32 Å². The average Bonchev–Trinajstić information content (AvgIpc) is 2.29. The molecule has 1 rings (SSSR count). The highest BCUT2D eigenvalue weighted by molar-refractivity contribution is 5.50. The molecule has 0 aliphatic carbocycles. The highest BCUT2D eigenvalue weighted by atomic mass is 19.4. The van der Waals surface area contributed by atoms with Gasteiger partial charge in [-0.05, 0) is 30.5 Å². The summed E-state index contributed by atoms with van der Waals surface area (Å²) in [4.78, 5) is 0. The fourth-order valence-electron chi connectivity index (χ4n) is 1.63. The molecule has 0 bridgehead atoms. The minimum atomic E-state index is -4.34. The zero-order valence-electron chi connectivity index (χ0n) is 9.93. The number of benzene rings is 1. The SMILES string of the molecule is CCC(CC)=C(Nc1ccccc1)C(F)(F)F. The Morgan fingerprint density at radius 1 is 1.06 bits per heavy atom. The first kappa shape index (κ1) is 13.6. The topological polar surface area (TPSA) is 12.0 Å². The lowest BCUT2D eigenvalue weighted by Crippen LogP contribution is -2.21. The van der Waals surface area contributed by atoms with Crippen LogP contribution in [0, 0.1) is 0 Å². The van der Waals surface area contributed by atoms with Gasteiger partial charge in [0.1, 0.15) is 5.70 Å². The van der Waals surface area contributed by atoms with Gasteiger partial charge in [-0.1, -0.05) is 32.0 Å². The van der Waals surface area contributed by atoms with Gasteiger partial charge >= 0.3 is 6.18 Å². The molecule has 0 saturated carbocycles. The van der Waals surface area contributed by atoms with E-state index in [2.05, 4.69) is 5.32 Å². The lowest BCUT2D eigenvalue weighted by molar-refractivity contribution is -0.0913. The molecule has 0 unspecified atom stereocenters. The molecular weight excluding hydrogens is 227 g/mol. The molecule has 0 fully saturated rings. The van der Waals surface area contributed by atoms with Crippen LogP contribution < -0.4 is 5.32 Å². The molecule has 1 nitrogen and oxygen atoms in total. The Morgan fingerprint density at radius 3 is 2.00 bits per heavy atom. The van der Waals surface area contributed by atoms with Crippen LogP contribution in [0.4, 0.5) is 18.9 Å². The molecular formula is C13H16F3N. The van der Waals surface area contributed by atoms with Gasteiger partial charge in [-0.15, -0.1) is 0 Å². The number of hydrogen-bond acceptors (Lipinski definition) is 1. The number of allylic oxidation sites excluding steroid dienone is 2. The summed E-state index contributed by atoms with van der Waals surface area (Å²) in [5.41, 5.74) is 0.217. The lowest BCUT2D eigenvalue weighted by atomic mass is 10.1. The molecule has 0 atom stereocenters. The number of rotatable bonds is 4. The number of halogens is 3. The molecule has 4 heteroatoms. The first-order valence-corrected chi connectivity index (χ1v) is 5.60. The van der Waals surface area contributed by atoms with Gasteiger partial charge in [0.05, 0.1) is 0 Å². The standard InChI is InChI=1S/C13H16F3N/c1-3-10(4-2)12(13(14,15)16)17-11-8-6-5-7-9-11/h5-9,17H,3-4H2,1-2H3. The molecule has 0 heterocycles. The van der Waals surface area contributed by atoms with E-state index in [0.717, 1.165) is 0 Å². The highest BCUT2D eigenvalue weighted by Crippen LogP contribution is 2.31. The van der Waals surface area contributed by atoms with Crippen molar-refractivity contribution >= 4 is 5.69 Å². The monoisotopic (exact) mass is 243 g/mol. The van der Waals surface area contributed by atoms with Gasteiger partial charge in [0, 0.05) is 5.69 Å². The smallest absolute Gasteiger partial charge is 0.352 e. The van der Waals surface area contributed by atoms with Crippen molar-refractivity contribution in [3.8, 4) is 0 Å². The van der Waals surface area contributed by atoms with Crippen molar-refractivity contribution in [1.29, 1.82) is 0 Å². The number of hydrogen-bond donors (Lipinski definition) is 1. The molecule has 0 aliphatic heterocycles. The van der Waals surface area contributed by atoms with E-state index in [1.165, 1.54) is 0 Å². The summed E-state index contributed by atoms with van der Waals surface area (Å²) in [5.74, 6) is 0. The summed E-state index contributed by atoms with van der Waals surface area (Å²) in [5, 5.41) is 2.48. The van der Waals surface area contributed by atoms with Crippen molar-refractivity contribution in [3.05, 3.63) is 41.6 Å². The van der Waals surface area contributed by atoms with Gasteiger partial charge in [0.2, 0.25) is 0 Å². The first-order chi connectivity index (χ1) is 7.99. The van der Waals surface area contributed by atoms with Crippen LogP contribution in [0.2, 0.25) is 0 Å². The fourth-order valence-corrected chi connectivity index (χ4v) is 1.63. The average molecular weight is 243 g/mol. The third kappa shape index (κ3) is 3.80. The van der Waals surface area contributed by atoms with Crippen LogP contribution in [0.1, 0.15) is 26.7 Å². The third-order valence-corrected chi connectivity index (χ3v) is 2.53. The second-order valence-corrected chi connectivity index (χ2v) is 3.67. The van der Waals surface area contributed by atoms with E-state index in [0.29, 0.717) is 24.1 Å². The van der Waals surface area contributed by atoms with Crippen LogP contribution in [-0.2, 0) is 0 Å². The molecule has 17 heavy (non-hydrogen) atoms. The van der Waals surface area contributed by atoms with E-state index >= 15 is 0 Å². The molecule has 1 aromatic carbocycles. The molecule has 0 saturated heterocycles. The maximum Gasteiger partial charge on any atom is 0.431 e. The number of anilines is 1. The second kappa shape index (κ2) is 5.75. The molecule has 0 spiro atoms. The Labute approximate surface area is 99.3 Å². The Kier molecular flexibility index (Phi) is 4.61. The third-order valence-electron chi connectivity index (χ3n) is 2.53. The summed E-state index contributed by atoms with van der Waals surface area (Å²) in [7, 11) is 0. The summed E-state index contributed by atoms with van der Waals surface area (Å²) in [6, 6.07) is 8.41. The maximum atomic E-state index is 12.9. The van der Waals surface area contributed by atoms with Crippen LogP contribution >= 0.6 is 0 Å². The predicted molar refractivity (Wildman–Crippen MR) is 63.7 cm³/mol. The summed E-state index contributed by atoms with van der Waals surface area (Å²) in [6.45, 7) is 3.47. The quantitative estimate of drug-likeness (QED) is 0.805. The Bertz CT molecular complexity index is 373. The van der Waals surface area contributed by atoms with E-state index in [1.54, 1.807) is 44.2 Å². The van der Waals surface area contributed by atoms with Crippen molar-refractivity contribution in [2.24, 2.45) is 0 Å².